The molecule has 0 spiro atoms. The van der Waals surface area contributed by atoms with Crippen molar-refractivity contribution in [2.75, 3.05) is 19.2 Å². The van der Waals surface area contributed by atoms with Crippen molar-refractivity contribution in [1.29, 1.82) is 0 Å². The molecule has 0 fully saturated rings. The number of rotatable bonds is 6. The molecule has 2 aromatic heterocycles. The minimum atomic E-state index is 0.235. The molecular formula is C26H21N3O2. The van der Waals surface area contributed by atoms with E-state index in [1.54, 1.807) is 13.3 Å². The van der Waals surface area contributed by atoms with Crippen LogP contribution in [0.2, 0.25) is 0 Å². The Labute approximate surface area is 180 Å². The Balaban J connectivity index is 1.51. The second kappa shape index (κ2) is 8.42. The first-order valence-corrected chi connectivity index (χ1v) is 10.0. The van der Waals surface area contributed by atoms with E-state index in [4.69, 9.17) is 9.47 Å². The van der Waals surface area contributed by atoms with Crippen LogP contribution in [0.15, 0.2) is 91.3 Å². The molecule has 0 bridgehead atoms. The highest BCUT2D eigenvalue weighted by Crippen LogP contribution is 2.33. The summed E-state index contributed by atoms with van der Waals surface area (Å²) in [4.78, 5) is 8.99. The average Bonchev–Trinajstić information content (AvgIpc) is 2.83. The van der Waals surface area contributed by atoms with Crippen molar-refractivity contribution in [3.63, 3.8) is 0 Å². The summed E-state index contributed by atoms with van der Waals surface area (Å²) in [6.45, 7) is 0.235. The van der Waals surface area contributed by atoms with Crippen LogP contribution in [0.25, 0.3) is 32.8 Å². The minimum absolute atomic E-state index is 0.235. The number of fused-ring (bicyclic) bond motifs is 2. The zero-order valence-corrected chi connectivity index (χ0v) is 17.1. The van der Waals surface area contributed by atoms with Crippen LogP contribution in [0.1, 0.15) is 0 Å². The van der Waals surface area contributed by atoms with Crippen LogP contribution in [0, 0.1) is 0 Å². The summed E-state index contributed by atoms with van der Waals surface area (Å²) in [5.41, 5.74) is 4.21. The van der Waals surface area contributed by atoms with E-state index in [1.165, 1.54) is 0 Å². The zero-order valence-electron chi connectivity index (χ0n) is 17.1. The van der Waals surface area contributed by atoms with Crippen LogP contribution in [0.4, 0.5) is 11.5 Å². The lowest BCUT2D eigenvalue weighted by Crippen LogP contribution is -1.98. The van der Waals surface area contributed by atoms with E-state index < -0.39 is 0 Å². The first kappa shape index (κ1) is 19.0. The molecule has 5 nitrogen and oxygen atoms in total. The molecule has 0 saturated heterocycles. The van der Waals surface area contributed by atoms with Crippen molar-refractivity contribution >= 4 is 33.2 Å². The molecular weight excluding hydrogens is 386 g/mol. The Morgan fingerprint density at radius 2 is 1.71 bits per heavy atom. The van der Waals surface area contributed by atoms with E-state index in [0.717, 1.165) is 50.1 Å². The van der Waals surface area contributed by atoms with Gasteiger partial charge in [-0.3, -0.25) is 4.98 Å². The fourth-order valence-corrected chi connectivity index (χ4v) is 3.71. The minimum Gasteiger partial charge on any atom is -0.468 e. The molecule has 2 heterocycles. The van der Waals surface area contributed by atoms with Gasteiger partial charge in [0.1, 0.15) is 11.6 Å². The molecule has 5 heteroatoms. The molecule has 5 rings (SSSR count). The SMILES string of the molecule is COCOc1ccc(-c2cccc3c(Nc4ccc5ncccc5c4)nccc23)cc1. The largest absolute Gasteiger partial charge is 0.468 e. The maximum absolute atomic E-state index is 5.50. The smallest absolute Gasteiger partial charge is 0.188 e. The quantitative estimate of drug-likeness (QED) is 0.341. The van der Waals surface area contributed by atoms with Crippen LogP contribution in [-0.4, -0.2) is 23.9 Å². The van der Waals surface area contributed by atoms with Crippen molar-refractivity contribution < 1.29 is 9.47 Å². The van der Waals surface area contributed by atoms with Gasteiger partial charge in [-0.05, 0) is 59.0 Å². The third-order valence-corrected chi connectivity index (χ3v) is 5.18. The van der Waals surface area contributed by atoms with E-state index in [2.05, 4.69) is 63.8 Å². The summed E-state index contributed by atoms with van der Waals surface area (Å²) in [7, 11) is 1.61. The molecule has 3 aromatic carbocycles. The first-order chi connectivity index (χ1) is 15.3. The molecule has 0 aliphatic rings. The number of anilines is 2. The number of nitrogens with one attached hydrogen (secondary N) is 1. The predicted molar refractivity (Wildman–Crippen MR) is 125 cm³/mol. The van der Waals surface area contributed by atoms with E-state index >= 15 is 0 Å². The number of ether oxygens (including phenoxy) is 2. The fraction of sp³-hybridized carbons (Fsp3) is 0.0769. The molecule has 0 aliphatic carbocycles. The van der Waals surface area contributed by atoms with Crippen LogP contribution in [-0.2, 0) is 4.74 Å². The molecule has 1 N–H and O–H groups in total. The third kappa shape index (κ3) is 3.91. The summed E-state index contributed by atoms with van der Waals surface area (Å²) in [6.07, 6.45) is 3.65. The van der Waals surface area contributed by atoms with Gasteiger partial charge in [0.25, 0.3) is 0 Å². The number of methoxy groups -OCH3 is 1. The van der Waals surface area contributed by atoms with Gasteiger partial charge in [-0.1, -0.05) is 36.4 Å². The summed E-state index contributed by atoms with van der Waals surface area (Å²) in [6, 6.07) is 26.5. The Kier molecular flexibility index (Phi) is 5.17. The number of hydrogen-bond donors (Lipinski definition) is 1. The maximum Gasteiger partial charge on any atom is 0.188 e. The van der Waals surface area contributed by atoms with Crippen molar-refractivity contribution in [3.8, 4) is 16.9 Å². The molecule has 0 aliphatic heterocycles. The van der Waals surface area contributed by atoms with Gasteiger partial charge in [-0.25, -0.2) is 4.98 Å². The van der Waals surface area contributed by atoms with Crippen molar-refractivity contribution in [2.45, 2.75) is 0 Å². The third-order valence-electron chi connectivity index (χ3n) is 5.18. The van der Waals surface area contributed by atoms with Gasteiger partial charge in [0, 0.05) is 36.0 Å². The molecule has 0 saturated carbocycles. The van der Waals surface area contributed by atoms with Crippen LogP contribution in [0.5, 0.6) is 5.75 Å². The van der Waals surface area contributed by atoms with E-state index in [9.17, 15) is 0 Å². The van der Waals surface area contributed by atoms with Crippen LogP contribution in [0.3, 0.4) is 0 Å². The highest BCUT2D eigenvalue weighted by Gasteiger charge is 2.09. The highest BCUT2D eigenvalue weighted by molar-refractivity contribution is 6.02. The van der Waals surface area contributed by atoms with Gasteiger partial charge in [-0.2, -0.15) is 0 Å². The van der Waals surface area contributed by atoms with Gasteiger partial charge in [0.15, 0.2) is 6.79 Å². The predicted octanol–water partition coefficient (Wildman–Crippen LogP) is 6.18. The summed E-state index contributed by atoms with van der Waals surface area (Å²) in [5.74, 6) is 1.60. The summed E-state index contributed by atoms with van der Waals surface area (Å²) in [5, 5.41) is 6.76. The van der Waals surface area contributed by atoms with Crippen molar-refractivity contribution in [1.82, 2.24) is 9.97 Å². The average molecular weight is 407 g/mol. The Morgan fingerprint density at radius 1 is 0.806 bits per heavy atom. The fourth-order valence-electron chi connectivity index (χ4n) is 3.71. The molecule has 152 valence electrons. The van der Waals surface area contributed by atoms with Crippen molar-refractivity contribution in [2.24, 2.45) is 0 Å². The number of nitrogens with zero attached hydrogens (tertiary/aromatic N) is 2. The lowest BCUT2D eigenvalue weighted by atomic mass is 9.99. The van der Waals surface area contributed by atoms with Gasteiger partial charge in [0.2, 0.25) is 0 Å². The Morgan fingerprint density at radius 3 is 2.58 bits per heavy atom. The standard InChI is InChI=1S/C26H21N3O2/c1-30-17-31-21-10-7-18(8-11-21)22-5-2-6-24-23(22)13-15-28-26(24)29-20-9-12-25-19(16-20)4-3-14-27-25/h2-16H,17H2,1H3,(H,28,29). The molecule has 31 heavy (non-hydrogen) atoms. The first-order valence-electron chi connectivity index (χ1n) is 10.0. The lowest BCUT2D eigenvalue weighted by Gasteiger charge is -2.13. The molecule has 0 unspecified atom stereocenters. The van der Waals surface area contributed by atoms with Gasteiger partial charge in [0.05, 0.1) is 5.52 Å². The van der Waals surface area contributed by atoms with Crippen LogP contribution >= 0.6 is 0 Å². The van der Waals surface area contributed by atoms with Crippen molar-refractivity contribution in [3.05, 3.63) is 91.3 Å². The normalized spacial score (nSPS) is 11.0. The molecule has 0 amide bonds. The maximum atomic E-state index is 5.50. The number of hydrogen-bond acceptors (Lipinski definition) is 5. The van der Waals surface area contributed by atoms with Gasteiger partial charge >= 0.3 is 0 Å². The summed E-state index contributed by atoms with van der Waals surface area (Å²) < 4.78 is 10.5. The highest BCUT2D eigenvalue weighted by atomic mass is 16.7. The number of benzene rings is 3. The van der Waals surface area contributed by atoms with Gasteiger partial charge in [-0.15, -0.1) is 0 Å². The summed E-state index contributed by atoms with van der Waals surface area (Å²) >= 11 is 0. The van der Waals surface area contributed by atoms with E-state index in [0.29, 0.717) is 0 Å². The van der Waals surface area contributed by atoms with Crippen LogP contribution < -0.4 is 10.1 Å². The molecule has 5 aromatic rings. The second-order valence-electron chi connectivity index (χ2n) is 7.17. The lowest BCUT2D eigenvalue weighted by molar-refractivity contribution is 0.0511. The molecule has 0 atom stereocenters. The zero-order chi connectivity index (χ0) is 21.0. The Bertz CT molecular complexity index is 1350. The van der Waals surface area contributed by atoms with Gasteiger partial charge < -0.3 is 14.8 Å². The molecule has 0 radical (unpaired) electrons. The van der Waals surface area contributed by atoms with E-state index in [-0.39, 0.29) is 6.79 Å². The monoisotopic (exact) mass is 407 g/mol. The topological polar surface area (TPSA) is 56.3 Å². The van der Waals surface area contributed by atoms with E-state index in [1.807, 2.05) is 36.5 Å². The second-order valence-corrected chi connectivity index (χ2v) is 7.17. The number of pyridine rings is 2. The Hall–Kier alpha value is -3.96. The number of aromatic nitrogens is 2.